The van der Waals surface area contributed by atoms with Crippen molar-refractivity contribution in [2.24, 2.45) is 0 Å². The van der Waals surface area contributed by atoms with Gasteiger partial charge in [0.25, 0.3) is 0 Å². The van der Waals surface area contributed by atoms with Gasteiger partial charge in [-0.3, -0.25) is 0 Å². The van der Waals surface area contributed by atoms with Crippen LogP contribution in [0.15, 0.2) is 24.3 Å². The van der Waals surface area contributed by atoms with Crippen LogP contribution in [0.1, 0.15) is 40.7 Å². The highest BCUT2D eigenvalue weighted by atomic mass is 32.2. The maximum atomic E-state index is 12.3. The van der Waals surface area contributed by atoms with Crippen molar-refractivity contribution >= 4 is 26.3 Å². The molecular formula is C16H19N5O2S2. The van der Waals surface area contributed by atoms with E-state index in [4.69, 9.17) is 0 Å². The first-order chi connectivity index (χ1) is 12.0. The standard InChI is InChI=1S/C16H19N5O2S2/c1-11-4-2-3-5-13(11)10-25(22,23)17-9-8-14-20-21-15(12-6-7-12)18-19-16(21)24-14/h2-5,12,17H,6-10H2,1H3. The normalized spacial score (nSPS) is 15.1. The largest absolute Gasteiger partial charge is 0.234 e. The molecule has 3 aromatic rings. The Labute approximate surface area is 150 Å². The average Bonchev–Trinajstić information content (AvgIpc) is 3.20. The lowest BCUT2D eigenvalue weighted by atomic mass is 10.1. The van der Waals surface area contributed by atoms with Gasteiger partial charge in [0.2, 0.25) is 15.0 Å². The van der Waals surface area contributed by atoms with Gasteiger partial charge in [0.05, 0.1) is 5.75 Å². The summed E-state index contributed by atoms with van der Waals surface area (Å²) in [5.41, 5.74) is 1.80. The van der Waals surface area contributed by atoms with Crippen LogP contribution in [0.2, 0.25) is 0 Å². The number of sulfonamides is 1. The number of aryl methyl sites for hydroxylation is 1. The minimum atomic E-state index is -3.36. The van der Waals surface area contributed by atoms with Crippen LogP contribution in [-0.4, -0.2) is 34.8 Å². The first kappa shape index (κ1) is 16.6. The van der Waals surface area contributed by atoms with Crippen molar-refractivity contribution in [2.75, 3.05) is 6.54 Å². The van der Waals surface area contributed by atoms with E-state index >= 15 is 0 Å². The lowest BCUT2D eigenvalue weighted by Crippen LogP contribution is -2.27. The van der Waals surface area contributed by atoms with E-state index in [1.54, 1.807) is 4.52 Å². The van der Waals surface area contributed by atoms with Crippen LogP contribution in [-0.2, 0) is 22.2 Å². The molecule has 1 fully saturated rings. The van der Waals surface area contributed by atoms with E-state index in [1.165, 1.54) is 11.3 Å². The molecule has 1 aliphatic carbocycles. The Morgan fingerprint density at radius 3 is 2.84 bits per heavy atom. The summed E-state index contributed by atoms with van der Waals surface area (Å²) in [7, 11) is -3.36. The molecule has 1 N–H and O–H groups in total. The lowest BCUT2D eigenvalue weighted by molar-refractivity contribution is 0.580. The second-order valence-electron chi connectivity index (χ2n) is 6.35. The van der Waals surface area contributed by atoms with Gasteiger partial charge in [-0.15, -0.1) is 10.2 Å². The molecule has 2 aromatic heterocycles. The van der Waals surface area contributed by atoms with Gasteiger partial charge in [0.15, 0.2) is 5.82 Å². The predicted molar refractivity (Wildman–Crippen MR) is 96.1 cm³/mol. The maximum absolute atomic E-state index is 12.3. The van der Waals surface area contributed by atoms with Crippen LogP contribution in [0.25, 0.3) is 4.96 Å². The number of hydrogen-bond acceptors (Lipinski definition) is 6. The summed E-state index contributed by atoms with van der Waals surface area (Å²) in [5, 5.41) is 13.7. The maximum Gasteiger partial charge on any atom is 0.234 e. The van der Waals surface area contributed by atoms with E-state index in [-0.39, 0.29) is 5.75 Å². The summed E-state index contributed by atoms with van der Waals surface area (Å²) in [6.45, 7) is 2.25. The molecular weight excluding hydrogens is 358 g/mol. The molecule has 0 atom stereocenters. The zero-order chi connectivity index (χ0) is 17.4. The summed E-state index contributed by atoms with van der Waals surface area (Å²) < 4.78 is 29.0. The van der Waals surface area contributed by atoms with Crippen molar-refractivity contribution in [1.82, 2.24) is 24.5 Å². The van der Waals surface area contributed by atoms with Crippen molar-refractivity contribution < 1.29 is 8.42 Å². The highest BCUT2D eigenvalue weighted by molar-refractivity contribution is 7.88. The summed E-state index contributed by atoms with van der Waals surface area (Å²) >= 11 is 1.46. The van der Waals surface area contributed by atoms with E-state index in [0.717, 1.165) is 39.8 Å². The quantitative estimate of drug-likeness (QED) is 0.680. The summed E-state index contributed by atoms with van der Waals surface area (Å²) in [6, 6.07) is 7.52. The average molecular weight is 377 g/mol. The Kier molecular flexibility index (Phi) is 4.30. The first-order valence-electron chi connectivity index (χ1n) is 8.25. The Bertz CT molecular complexity index is 1000. The van der Waals surface area contributed by atoms with E-state index < -0.39 is 10.0 Å². The van der Waals surface area contributed by atoms with E-state index in [1.807, 2.05) is 31.2 Å². The smallest absolute Gasteiger partial charge is 0.215 e. The van der Waals surface area contributed by atoms with Gasteiger partial charge in [0.1, 0.15) is 5.01 Å². The van der Waals surface area contributed by atoms with Gasteiger partial charge in [-0.1, -0.05) is 35.6 Å². The fraction of sp³-hybridized carbons (Fsp3) is 0.438. The molecule has 1 aromatic carbocycles. The molecule has 7 nitrogen and oxygen atoms in total. The lowest BCUT2D eigenvalue weighted by Gasteiger charge is -2.08. The minimum Gasteiger partial charge on any atom is -0.215 e. The molecule has 0 spiro atoms. The topological polar surface area (TPSA) is 89.2 Å². The second kappa shape index (κ2) is 6.47. The molecule has 2 heterocycles. The van der Waals surface area contributed by atoms with Crippen LogP contribution in [0.5, 0.6) is 0 Å². The van der Waals surface area contributed by atoms with Crippen molar-refractivity contribution in [3.05, 3.63) is 46.2 Å². The number of nitrogens with zero attached hydrogens (tertiary/aromatic N) is 4. The molecule has 0 bridgehead atoms. The van der Waals surface area contributed by atoms with E-state index in [9.17, 15) is 8.42 Å². The summed E-state index contributed by atoms with van der Waals surface area (Å²) in [6.07, 6.45) is 2.84. The number of hydrogen-bond donors (Lipinski definition) is 1. The van der Waals surface area contributed by atoms with E-state index in [0.29, 0.717) is 18.9 Å². The van der Waals surface area contributed by atoms with E-state index in [2.05, 4.69) is 20.0 Å². The highest BCUT2D eigenvalue weighted by Gasteiger charge is 2.30. The molecule has 4 rings (SSSR count). The van der Waals surface area contributed by atoms with Gasteiger partial charge < -0.3 is 0 Å². The molecule has 132 valence electrons. The van der Waals surface area contributed by atoms with Crippen LogP contribution < -0.4 is 4.72 Å². The Morgan fingerprint density at radius 2 is 2.08 bits per heavy atom. The van der Waals surface area contributed by atoms with Crippen molar-refractivity contribution in [1.29, 1.82) is 0 Å². The van der Waals surface area contributed by atoms with Crippen molar-refractivity contribution in [2.45, 2.75) is 37.9 Å². The fourth-order valence-corrected chi connectivity index (χ4v) is 4.80. The van der Waals surface area contributed by atoms with Crippen LogP contribution in [0.3, 0.4) is 0 Å². The van der Waals surface area contributed by atoms with Crippen molar-refractivity contribution in [3.8, 4) is 0 Å². The number of aromatic nitrogens is 4. The molecule has 0 unspecified atom stereocenters. The third-order valence-corrected chi connectivity index (χ3v) is 6.56. The fourth-order valence-electron chi connectivity index (χ4n) is 2.71. The third-order valence-electron chi connectivity index (χ3n) is 4.27. The first-order valence-corrected chi connectivity index (χ1v) is 10.7. The van der Waals surface area contributed by atoms with Gasteiger partial charge in [0, 0.05) is 18.9 Å². The highest BCUT2D eigenvalue weighted by Crippen LogP contribution is 2.39. The van der Waals surface area contributed by atoms with Gasteiger partial charge >= 0.3 is 0 Å². The predicted octanol–water partition coefficient (Wildman–Crippen LogP) is 2.03. The third kappa shape index (κ3) is 3.73. The van der Waals surface area contributed by atoms with Crippen LogP contribution >= 0.6 is 11.3 Å². The molecule has 0 amide bonds. The SMILES string of the molecule is Cc1ccccc1CS(=O)(=O)NCCc1nn2c(C3CC3)nnc2s1. The Balaban J connectivity index is 1.37. The monoisotopic (exact) mass is 377 g/mol. The Hall–Kier alpha value is -1.84. The zero-order valence-corrected chi connectivity index (χ0v) is 15.5. The van der Waals surface area contributed by atoms with Crippen LogP contribution in [0, 0.1) is 6.92 Å². The Morgan fingerprint density at radius 1 is 1.28 bits per heavy atom. The summed E-state index contributed by atoms with van der Waals surface area (Å²) in [5.74, 6) is 1.41. The minimum absolute atomic E-state index is 0.00336. The zero-order valence-electron chi connectivity index (χ0n) is 13.8. The van der Waals surface area contributed by atoms with Gasteiger partial charge in [-0.05, 0) is 30.9 Å². The molecule has 1 saturated carbocycles. The van der Waals surface area contributed by atoms with Gasteiger partial charge in [-0.2, -0.15) is 9.61 Å². The molecule has 0 radical (unpaired) electrons. The molecule has 0 saturated heterocycles. The number of nitrogens with one attached hydrogen (secondary N) is 1. The van der Waals surface area contributed by atoms with Crippen LogP contribution in [0.4, 0.5) is 0 Å². The van der Waals surface area contributed by atoms with Gasteiger partial charge in [-0.25, -0.2) is 13.1 Å². The molecule has 1 aliphatic rings. The molecule has 0 aliphatic heterocycles. The second-order valence-corrected chi connectivity index (χ2v) is 9.20. The summed E-state index contributed by atoms with van der Waals surface area (Å²) in [4.78, 5) is 0.777. The number of benzene rings is 1. The molecule has 9 heteroatoms. The number of fused-ring (bicyclic) bond motifs is 1. The van der Waals surface area contributed by atoms with Crippen molar-refractivity contribution in [3.63, 3.8) is 0 Å². The number of rotatable bonds is 7. The molecule has 25 heavy (non-hydrogen) atoms.